The van der Waals surface area contributed by atoms with Crippen LogP contribution in [-0.2, 0) is 0 Å². The van der Waals surface area contributed by atoms with Crippen molar-refractivity contribution in [1.29, 1.82) is 5.26 Å². The van der Waals surface area contributed by atoms with Gasteiger partial charge >= 0.3 is 0 Å². The molecule has 1 heterocycles. The Bertz CT molecular complexity index is 162. The van der Waals surface area contributed by atoms with Crippen LogP contribution in [-0.4, -0.2) is 16.2 Å². The van der Waals surface area contributed by atoms with E-state index >= 15 is 0 Å². The maximum Gasteiger partial charge on any atom is 0.0662 e. The Morgan fingerprint density at radius 3 is 2.44 bits per heavy atom. The van der Waals surface area contributed by atoms with Gasteiger partial charge in [-0.3, -0.25) is 0 Å². The number of nitrogens with zero attached hydrogens (tertiary/aromatic N) is 2. The lowest BCUT2D eigenvalue weighted by molar-refractivity contribution is 0.528. The van der Waals surface area contributed by atoms with Crippen LogP contribution in [0.1, 0.15) is 0 Å². The predicted molar refractivity (Wildman–Crippen MR) is 41.7 cm³/mol. The topological polar surface area (TPSA) is 27.0 Å². The molecule has 0 aromatic heterocycles. The largest absolute Gasteiger partial charge is 0.247 e. The van der Waals surface area contributed by atoms with Crippen molar-refractivity contribution in [3.8, 4) is 6.07 Å². The first-order chi connectivity index (χ1) is 4.33. The van der Waals surface area contributed by atoms with Crippen molar-refractivity contribution in [2.45, 2.75) is 0 Å². The lowest BCUT2D eigenvalue weighted by Crippen LogP contribution is -2.11. The molecule has 2 nitrogen and oxygen atoms in total. The van der Waals surface area contributed by atoms with E-state index in [9.17, 15) is 0 Å². The lowest BCUT2D eigenvalue weighted by atomic mass is 10.3. The molecule has 1 saturated carbocycles. The number of hydrogen-bond donors (Lipinski definition) is 0. The third kappa shape index (κ3) is 0.767. The van der Waals surface area contributed by atoms with E-state index in [2.05, 4.69) is 32.0 Å². The average Bonchev–Trinajstić information content (AvgIpc) is 2.30. The Morgan fingerprint density at radius 2 is 2.00 bits per heavy atom. The standard InChI is InChI=1S/C6H7IN2/c7-9-2-5-4(1-8)6(5)3-9/h4-6H,2-3H2/t4-,5+,6-. The molecule has 0 spiro atoms. The van der Waals surface area contributed by atoms with Crippen molar-refractivity contribution in [2.24, 2.45) is 17.8 Å². The molecule has 0 N–H and O–H groups in total. The fraction of sp³-hybridized carbons (Fsp3) is 0.833. The van der Waals surface area contributed by atoms with Gasteiger partial charge in [0, 0.05) is 36.0 Å². The molecule has 0 radical (unpaired) electrons. The number of piperidine rings is 1. The molecule has 0 bridgehead atoms. The molecule has 1 aliphatic heterocycles. The summed E-state index contributed by atoms with van der Waals surface area (Å²) in [6, 6.07) is 2.33. The number of hydrogen-bond acceptors (Lipinski definition) is 2. The normalized spacial score (nSPS) is 48.2. The van der Waals surface area contributed by atoms with Crippen LogP contribution in [0.2, 0.25) is 0 Å². The molecule has 0 amide bonds. The van der Waals surface area contributed by atoms with E-state index in [1.807, 2.05) is 0 Å². The SMILES string of the molecule is N#C[C@H]1[C@H]2CN(I)C[C@@H]12. The number of rotatable bonds is 0. The van der Waals surface area contributed by atoms with E-state index in [1.54, 1.807) is 0 Å². The summed E-state index contributed by atoms with van der Waals surface area (Å²) in [6.07, 6.45) is 0. The van der Waals surface area contributed by atoms with Crippen molar-refractivity contribution in [2.75, 3.05) is 13.1 Å². The first kappa shape index (κ1) is 5.93. The van der Waals surface area contributed by atoms with Gasteiger partial charge in [-0.15, -0.1) is 0 Å². The van der Waals surface area contributed by atoms with Gasteiger partial charge in [-0.05, 0) is 11.8 Å². The highest BCUT2D eigenvalue weighted by atomic mass is 127. The van der Waals surface area contributed by atoms with Crippen LogP contribution in [0, 0.1) is 29.1 Å². The molecule has 9 heavy (non-hydrogen) atoms. The number of halogens is 1. The van der Waals surface area contributed by atoms with Gasteiger partial charge in [0.1, 0.15) is 0 Å². The molecule has 3 heteroatoms. The predicted octanol–water partition coefficient (Wildman–Crippen LogP) is 1.04. The van der Waals surface area contributed by atoms with Crippen LogP contribution in [0.4, 0.5) is 0 Å². The van der Waals surface area contributed by atoms with Gasteiger partial charge in [-0.25, -0.2) is 3.11 Å². The highest BCUT2D eigenvalue weighted by molar-refractivity contribution is 14.1. The Kier molecular flexibility index (Phi) is 1.21. The van der Waals surface area contributed by atoms with Crippen molar-refractivity contribution in [3.63, 3.8) is 0 Å². The minimum absolute atomic E-state index is 0.413. The molecular weight excluding hydrogens is 227 g/mol. The quantitative estimate of drug-likeness (QED) is 0.462. The smallest absolute Gasteiger partial charge is 0.0662 e. The Morgan fingerprint density at radius 1 is 1.44 bits per heavy atom. The van der Waals surface area contributed by atoms with E-state index in [1.165, 1.54) is 0 Å². The van der Waals surface area contributed by atoms with Crippen LogP contribution in [0.25, 0.3) is 0 Å². The van der Waals surface area contributed by atoms with Crippen LogP contribution in [0.5, 0.6) is 0 Å². The molecule has 2 aliphatic rings. The minimum atomic E-state index is 0.413. The first-order valence-corrected chi connectivity index (χ1v) is 4.10. The van der Waals surface area contributed by atoms with Crippen molar-refractivity contribution < 1.29 is 0 Å². The van der Waals surface area contributed by atoms with Crippen molar-refractivity contribution in [3.05, 3.63) is 0 Å². The molecule has 0 aromatic carbocycles. The van der Waals surface area contributed by atoms with Gasteiger partial charge in [-0.2, -0.15) is 5.26 Å². The van der Waals surface area contributed by atoms with E-state index in [0.29, 0.717) is 5.92 Å². The maximum atomic E-state index is 8.53. The Balaban J connectivity index is 2.00. The van der Waals surface area contributed by atoms with Crippen LogP contribution in [0.15, 0.2) is 0 Å². The summed E-state index contributed by atoms with van der Waals surface area (Å²) in [5.41, 5.74) is 0. The zero-order valence-electron chi connectivity index (χ0n) is 4.92. The third-order valence-corrected chi connectivity index (χ3v) is 3.09. The Hall–Kier alpha value is 0.180. The summed E-state index contributed by atoms with van der Waals surface area (Å²) in [7, 11) is 0. The summed E-state index contributed by atoms with van der Waals surface area (Å²) in [5, 5.41) is 8.53. The van der Waals surface area contributed by atoms with Gasteiger partial charge < -0.3 is 0 Å². The zero-order valence-corrected chi connectivity index (χ0v) is 7.08. The third-order valence-electron chi connectivity index (χ3n) is 2.30. The summed E-state index contributed by atoms with van der Waals surface area (Å²) >= 11 is 2.33. The van der Waals surface area contributed by atoms with Gasteiger partial charge in [0.15, 0.2) is 0 Å². The fourth-order valence-corrected chi connectivity index (χ4v) is 2.58. The maximum absolute atomic E-state index is 8.53. The fourth-order valence-electron chi connectivity index (χ4n) is 1.67. The highest BCUT2D eigenvalue weighted by Crippen LogP contribution is 2.51. The lowest BCUT2D eigenvalue weighted by Gasteiger charge is -2.05. The zero-order chi connectivity index (χ0) is 6.43. The van der Waals surface area contributed by atoms with E-state index in [-0.39, 0.29) is 0 Å². The van der Waals surface area contributed by atoms with Crippen LogP contribution < -0.4 is 0 Å². The molecule has 2 fully saturated rings. The molecule has 1 saturated heterocycles. The molecule has 0 unspecified atom stereocenters. The molecule has 0 aromatic rings. The second-order valence-corrected chi connectivity index (χ2v) is 4.17. The van der Waals surface area contributed by atoms with Crippen molar-refractivity contribution >= 4 is 22.9 Å². The molecule has 1 aliphatic carbocycles. The molecular formula is C6H7IN2. The molecule has 3 atom stereocenters. The minimum Gasteiger partial charge on any atom is -0.247 e. The summed E-state index contributed by atoms with van der Waals surface area (Å²) in [6.45, 7) is 2.28. The summed E-state index contributed by atoms with van der Waals surface area (Å²) < 4.78 is 2.28. The highest BCUT2D eigenvalue weighted by Gasteiger charge is 2.55. The first-order valence-electron chi connectivity index (χ1n) is 3.13. The van der Waals surface area contributed by atoms with E-state index in [0.717, 1.165) is 24.9 Å². The van der Waals surface area contributed by atoms with Crippen molar-refractivity contribution in [1.82, 2.24) is 3.11 Å². The van der Waals surface area contributed by atoms with Gasteiger partial charge in [0.25, 0.3) is 0 Å². The number of nitriles is 1. The number of fused-ring (bicyclic) bond motifs is 1. The molecule has 48 valence electrons. The average molecular weight is 234 g/mol. The van der Waals surface area contributed by atoms with Gasteiger partial charge in [0.2, 0.25) is 0 Å². The van der Waals surface area contributed by atoms with E-state index in [4.69, 9.17) is 5.26 Å². The molecule has 2 rings (SSSR count). The van der Waals surface area contributed by atoms with Gasteiger partial charge in [0.05, 0.1) is 12.0 Å². The van der Waals surface area contributed by atoms with Gasteiger partial charge in [-0.1, -0.05) is 0 Å². The van der Waals surface area contributed by atoms with Crippen LogP contribution in [0.3, 0.4) is 0 Å². The monoisotopic (exact) mass is 234 g/mol. The second kappa shape index (κ2) is 1.83. The van der Waals surface area contributed by atoms with Crippen LogP contribution >= 0.6 is 22.9 Å². The second-order valence-electron chi connectivity index (χ2n) is 2.81. The Labute approximate surface area is 68.3 Å². The summed E-state index contributed by atoms with van der Waals surface area (Å²) in [4.78, 5) is 0. The summed E-state index contributed by atoms with van der Waals surface area (Å²) in [5.74, 6) is 1.87. The van der Waals surface area contributed by atoms with E-state index < -0.39 is 0 Å².